The van der Waals surface area contributed by atoms with Crippen LogP contribution >= 0.6 is 11.8 Å². The van der Waals surface area contributed by atoms with Crippen molar-refractivity contribution in [3.8, 4) is 5.69 Å². The number of carbonyl (C=O) groups excluding carboxylic acids is 1. The summed E-state index contributed by atoms with van der Waals surface area (Å²) in [6, 6.07) is 10.2. The largest absolute Gasteiger partial charge is 0.343 e. The summed E-state index contributed by atoms with van der Waals surface area (Å²) in [6.45, 7) is 9.55. The van der Waals surface area contributed by atoms with Gasteiger partial charge in [-0.1, -0.05) is 45.5 Å². The molecule has 0 N–H and O–H groups in total. The number of hydrogen-bond acceptors (Lipinski definition) is 3. The predicted octanol–water partition coefficient (Wildman–Crippen LogP) is 6.99. The molecular formula is C29H34F3N3OS. The Hall–Kier alpha value is -2.74. The van der Waals surface area contributed by atoms with Crippen LogP contribution in [0.2, 0.25) is 0 Å². The molecule has 2 heterocycles. The first-order valence-electron chi connectivity index (χ1n) is 12.8. The number of hydrogen-bond donors (Lipinski definition) is 0. The van der Waals surface area contributed by atoms with Crippen LogP contribution in [0.25, 0.3) is 5.69 Å². The molecule has 1 saturated heterocycles. The molecule has 1 aromatic heterocycles. The topological polar surface area (TPSA) is 38.1 Å². The van der Waals surface area contributed by atoms with Crippen LogP contribution in [0.5, 0.6) is 0 Å². The van der Waals surface area contributed by atoms with E-state index in [1.807, 2.05) is 23.3 Å². The van der Waals surface area contributed by atoms with E-state index >= 15 is 0 Å². The molecule has 0 bridgehead atoms. The van der Waals surface area contributed by atoms with Gasteiger partial charge in [0.15, 0.2) is 16.8 Å². The first kappa shape index (κ1) is 27.3. The van der Waals surface area contributed by atoms with E-state index in [4.69, 9.17) is 4.98 Å². The van der Waals surface area contributed by atoms with E-state index in [-0.39, 0.29) is 11.7 Å². The molecule has 198 valence electrons. The van der Waals surface area contributed by atoms with Gasteiger partial charge >= 0.3 is 0 Å². The summed E-state index contributed by atoms with van der Waals surface area (Å²) in [5.74, 6) is -0.235. The quantitative estimate of drug-likeness (QED) is 0.295. The molecule has 4 rings (SSSR count). The number of thioether (sulfide) groups is 1. The molecule has 1 aliphatic rings. The van der Waals surface area contributed by atoms with Crippen LogP contribution in [-0.2, 0) is 10.2 Å². The van der Waals surface area contributed by atoms with E-state index < -0.39 is 17.0 Å². The van der Waals surface area contributed by atoms with Gasteiger partial charge in [0.1, 0.15) is 5.82 Å². The second-order valence-electron chi connectivity index (χ2n) is 10.7. The Morgan fingerprint density at radius 2 is 1.73 bits per heavy atom. The minimum absolute atomic E-state index is 0.233. The minimum atomic E-state index is -0.897. The highest BCUT2D eigenvalue weighted by Crippen LogP contribution is 2.37. The maximum absolute atomic E-state index is 14.1. The maximum atomic E-state index is 14.1. The van der Waals surface area contributed by atoms with Gasteiger partial charge in [0, 0.05) is 36.4 Å². The van der Waals surface area contributed by atoms with E-state index in [0.29, 0.717) is 23.8 Å². The van der Waals surface area contributed by atoms with E-state index in [9.17, 15) is 18.0 Å². The second-order valence-corrected chi connectivity index (χ2v) is 11.7. The van der Waals surface area contributed by atoms with Gasteiger partial charge in [-0.25, -0.2) is 18.2 Å². The van der Waals surface area contributed by atoms with E-state index in [1.54, 1.807) is 36.2 Å². The molecule has 8 heteroatoms. The summed E-state index contributed by atoms with van der Waals surface area (Å²) in [5, 5.41) is 0.760. The second kappa shape index (κ2) is 11.3. The zero-order chi connectivity index (χ0) is 26.7. The normalized spacial score (nSPS) is 15.0. The molecule has 0 saturated carbocycles. The number of amides is 1. The molecule has 1 aliphatic heterocycles. The zero-order valence-electron chi connectivity index (χ0n) is 21.8. The monoisotopic (exact) mass is 529 g/mol. The smallest absolute Gasteiger partial charge is 0.222 e. The highest BCUT2D eigenvalue weighted by Gasteiger charge is 2.31. The van der Waals surface area contributed by atoms with Crippen molar-refractivity contribution in [3.05, 3.63) is 77.4 Å². The zero-order valence-corrected chi connectivity index (χ0v) is 22.6. The first-order valence-corrected chi connectivity index (χ1v) is 13.7. The third-order valence-electron chi connectivity index (χ3n) is 7.09. The number of halogens is 3. The van der Waals surface area contributed by atoms with Crippen molar-refractivity contribution in [2.45, 2.75) is 57.5 Å². The van der Waals surface area contributed by atoms with Crippen molar-refractivity contribution in [3.63, 3.8) is 0 Å². The van der Waals surface area contributed by atoms with Crippen molar-refractivity contribution in [1.82, 2.24) is 14.5 Å². The lowest BCUT2D eigenvalue weighted by molar-refractivity contribution is -0.133. The average Bonchev–Trinajstić information content (AvgIpc) is 3.29. The Bertz CT molecular complexity index is 1230. The first-order chi connectivity index (χ1) is 17.6. The number of likely N-dealkylation sites (tertiary alicyclic amines) is 1. The van der Waals surface area contributed by atoms with Gasteiger partial charge < -0.3 is 4.90 Å². The molecule has 1 amide bonds. The molecule has 0 aliphatic carbocycles. The van der Waals surface area contributed by atoms with Crippen molar-refractivity contribution < 1.29 is 18.0 Å². The number of benzene rings is 2. The third-order valence-corrected chi connectivity index (χ3v) is 8.28. The van der Waals surface area contributed by atoms with Crippen LogP contribution in [0.15, 0.2) is 53.8 Å². The maximum Gasteiger partial charge on any atom is 0.222 e. The van der Waals surface area contributed by atoms with Gasteiger partial charge in [-0.3, -0.25) is 9.36 Å². The third kappa shape index (κ3) is 6.22. The summed E-state index contributed by atoms with van der Waals surface area (Å²) >= 11 is 1.63. The molecule has 4 nitrogen and oxygen atoms in total. The van der Waals surface area contributed by atoms with Gasteiger partial charge in [0.25, 0.3) is 0 Å². The molecular weight excluding hydrogens is 495 g/mol. The summed E-state index contributed by atoms with van der Waals surface area (Å²) in [4.78, 5) is 19.1. The standard InChI is InChI=1S/C29H34F3N3OS/c1-19(2)15-27(36)34-13-11-20(12-14-34)18-37-28-33-17-26(35(28)23-8-6-22(30)7-9-23)29(3,4)21-5-10-24(31)25(32)16-21/h5-10,16-17,19-20H,11-15,18H2,1-4H3. The highest BCUT2D eigenvalue weighted by atomic mass is 32.2. The lowest BCUT2D eigenvalue weighted by atomic mass is 9.81. The Kier molecular flexibility index (Phi) is 8.36. The van der Waals surface area contributed by atoms with Gasteiger partial charge in [0.05, 0.1) is 11.9 Å². The lowest BCUT2D eigenvalue weighted by Crippen LogP contribution is -2.39. The van der Waals surface area contributed by atoms with E-state index in [1.165, 1.54) is 18.2 Å². The molecule has 0 spiro atoms. The van der Waals surface area contributed by atoms with E-state index in [0.717, 1.165) is 54.3 Å². The fourth-order valence-corrected chi connectivity index (χ4v) is 5.95. The van der Waals surface area contributed by atoms with Gasteiger partial charge in [-0.05, 0) is 66.6 Å². The lowest BCUT2D eigenvalue weighted by Gasteiger charge is -2.32. The number of nitrogens with zero attached hydrogens (tertiary/aromatic N) is 3. The number of rotatable bonds is 8. The van der Waals surface area contributed by atoms with Crippen LogP contribution in [-0.4, -0.2) is 39.2 Å². The molecule has 37 heavy (non-hydrogen) atoms. The number of aromatic nitrogens is 2. The van der Waals surface area contributed by atoms with Crippen LogP contribution in [0.1, 0.15) is 58.2 Å². The highest BCUT2D eigenvalue weighted by molar-refractivity contribution is 7.99. The van der Waals surface area contributed by atoms with Crippen molar-refractivity contribution in [2.75, 3.05) is 18.8 Å². The van der Waals surface area contributed by atoms with Gasteiger partial charge in [-0.15, -0.1) is 0 Å². The van der Waals surface area contributed by atoms with Crippen molar-refractivity contribution in [2.24, 2.45) is 11.8 Å². The average molecular weight is 530 g/mol. The van der Waals surface area contributed by atoms with E-state index in [2.05, 4.69) is 13.8 Å². The van der Waals surface area contributed by atoms with Crippen molar-refractivity contribution in [1.29, 1.82) is 0 Å². The fraction of sp³-hybridized carbons (Fsp3) is 0.448. The SMILES string of the molecule is CC(C)CC(=O)N1CCC(CSc2ncc(C(C)(C)c3ccc(F)c(F)c3)n2-c2ccc(F)cc2)CC1. The Balaban J connectivity index is 1.56. The number of imidazole rings is 1. The molecule has 1 fully saturated rings. The summed E-state index contributed by atoms with van der Waals surface area (Å²) in [6.07, 6.45) is 4.24. The molecule has 0 unspecified atom stereocenters. The van der Waals surface area contributed by atoms with Gasteiger partial charge in [-0.2, -0.15) is 0 Å². The molecule has 2 aromatic carbocycles. The van der Waals surface area contributed by atoms with Crippen LogP contribution in [0, 0.1) is 29.3 Å². The molecule has 0 radical (unpaired) electrons. The Morgan fingerprint density at radius 1 is 1.05 bits per heavy atom. The predicted molar refractivity (Wildman–Crippen MR) is 141 cm³/mol. The van der Waals surface area contributed by atoms with Crippen LogP contribution in [0.4, 0.5) is 13.2 Å². The molecule has 3 aromatic rings. The van der Waals surface area contributed by atoms with Crippen molar-refractivity contribution >= 4 is 17.7 Å². The van der Waals surface area contributed by atoms with Crippen LogP contribution < -0.4 is 0 Å². The number of carbonyl (C=O) groups is 1. The van der Waals surface area contributed by atoms with Gasteiger partial charge in [0.2, 0.25) is 5.91 Å². The summed E-state index contributed by atoms with van der Waals surface area (Å²) in [7, 11) is 0. The Morgan fingerprint density at radius 3 is 2.35 bits per heavy atom. The fourth-order valence-electron chi connectivity index (χ4n) is 4.77. The Labute approximate surface area is 221 Å². The van der Waals surface area contributed by atoms with Crippen LogP contribution in [0.3, 0.4) is 0 Å². The number of piperidine rings is 1. The summed E-state index contributed by atoms with van der Waals surface area (Å²) < 4.78 is 43.4. The summed E-state index contributed by atoms with van der Waals surface area (Å²) in [5.41, 5.74) is 1.46. The minimum Gasteiger partial charge on any atom is -0.343 e. The molecule has 0 atom stereocenters.